The zero-order valence-corrected chi connectivity index (χ0v) is 6.20. The third-order valence-corrected chi connectivity index (χ3v) is 1.95. The van der Waals surface area contributed by atoms with Crippen LogP contribution in [0.15, 0.2) is 11.8 Å². The summed E-state index contributed by atoms with van der Waals surface area (Å²) < 4.78 is 2.85. The maximum atomic E-state index is 5.64. The lowest BCUT2D eigenvalue weighted by atomic mass is 10.0. The number of rotatable bonds is 1. The van der Waals surface area contributed by atoms with Crippen LogP contribution >= 0.6 is 12.8 Å². The number of nitrogens with one attached hydrogen (secondary N) is 1. The van der Waals surface area contributed by atoms with Crippen LogP contribution in [0, 0.1) is 0 Å². The van der Waals surface area contributed by atoms with Gasteiger partial charge < -0.3 is 5.73 Å². The van der Waals surface area contributed by atoms with Gasteiger partial charge in [0.25, 0.3) is 0 Å². The van der Waals surface area contributed by atoms with Gasteiger partial charge in [-0.25, -0.2) is 0 Å². The molecule has 0 spiro atoms. The molecule has 0 saturated carbocycles. The monoisotopic (exact) mass is 144 g/mol. The quantitative estimate of drug-likeness (QED) is 0.477. The van der Waals surface area contributed by atoms with E-state index >= 15 is 0 Å². The average Bonchev–Trinajstić information content (AvgIpc) is 1.89. The molecule has 0 aromatic rings. The number of thiol groups is 1. The van der Waals surface area contributed by atoms with Gasteiger partial charge in [0.2, 0.25) is 0 Å². The molecule has 0 aromatic heterocycles. The molecule has 0 bridgehead atoms. The van der Waals surface area contributed by atoms with E-state index in [0.29, 0.717) is 6.04 Å². The molecule has 52 valence electrons. The zero-order chi connectivity index (χ0) is 6.69. The Labute approximate surface area is 61.0 Å². The highest BCUT2D eigenvalue weighted by molar-refractivity contribution is 7.78. The minimum absolute atomic E-state index is 0.307. The van der Waals surface area contributed by atoms with Crippen LogP contribution in [-0.4, -0.2) is 6.04 Å². The Hall–Kier alpha value is -0.150. The van der Waals surface area contributed by atoms with Crippen molar-refractivity contribution in [3.8, 4) is 0 Å². The maximum Gasteiger partial charge on any atom is 0.0560 e. The molecule has 1 unspecified atom stereocenters. The van der Waals surface area contributed by atoms with Crippen LogP contribution in [0.5, 0.6) is 0 Å². The summed E-state index contributed by atoms with van der Waals surface area (Å²) in [7, 11) is 0. The lowest BCUT2D eigenvalue weighted by Crippen LogP contribution is -2.29. The normalized spacial score (nSPS) is 27.7. The molecule has 2 nitrogen and oxygen atoms in total. The smallest absolute Gasteiger partial charge is 0.0560 e. The summed E-state index contributed by atoms with van der Waals surface area (Å²) >= 11 is 3.95. The van der Waals surface area contributed by atoms with E-state index in [2.05, 4.69) is 23.6 Å². The van der Waals surface area contributed by atoms with Crippen molar-refractivity contribution in [1.29, 1.82) is 0 Å². The minimum Gasteiger partial charge on any atom is -0.401 e. The summed E-state index contributed by atoms with van der Waals surface area (Å²) in [4.78, 5) is 0. The van der Waals surface area contributed by atoms with Crippen LogP contribution in [0.3, 0.4) is 0 Å². The molecule has 1 aliphatic carbocycles. The summed E-state index contributed by atoms with van der Waals surface area (Å²) in [5, 5.41) is 0. The average molecular weight is 144 g/mol. The van der Waals surface area contributed by atoms with E-state index in [4.69, 9.17) is 5.73 Å². The lowest BCUT2D eigenvalue weighted by Gasteiger charge is -2.19. The fourth-order valence-corrected chi connectivity index (χ4v) is 1.32. The van der Waals surface area contributed by atoms with Crippen molar-refractivity contribution in [2.75, 3.05) is 0 Å². The summed E-state index contributed by atoms with van der Waals surface area (Å²) in [6, 6.07) is 0.307. The van der Waals surface area contributed by atoms with Crippen molar-refractivity contribution >= 4 is 12.8 Å². The maximum absolute atomic E-state index is 5.64. The van der Waals surface area contributed by atoms with Crippen molar-refractivity contribution in [1.82, 2.24) is 4.72 Å². The predicted octanol–water partition coefficient (Wildman–Crippen LogP) is 0.816. The molecular weight excluding hydrogens is 132 g/mol. The summed E-state index contributed by atoms with van der Waals surface area (Å²) in [6.07, 6.45) is 5.53. The molecule has 1 aliphatic rings. The first kappa shape index (κ1) is 6.96. The van der Waals surface area contributed by atoms with E-state index in [1.165, 1.54) is 6.42 Å². The number of hydrogen-bond donors (Lipinski definition) is 3. The van der Waals surface area contributed by atoms with Gasteiger partial charge in [-0.05, 0) is 19.3 Å². The van der Waals surface area contributed by atoms with Crippen LogP contribution in [0.1, 0.15) is 19.3 Å². The summed E-state index contributed by atoms with van der Waals surface area (Å²) in [5.41, 5.74) is 6.58. The van der Waals surface area contributed by atoms with Crippen LogP contribution in [0.25, 0.3) is 0 Å². The van der Waals surface area contributed by atoms with E-state index in [-0.39, 0.29) is 0 Å². The highest BCUT2D eigenvalue weighted by atomic mass is 32.1. The van der Waals surface area contributed by atoms with Crippen molar-refractivity contribution < 1.29 is 0 Å². The zero-order valence-electron chi connectivity index (χ0n) is 5.30. The van der Waals surface area contributed by atoms with E-state index in [0.717, 1.165) is 18.5 Å². The van der Waals surface area contributed by atoms with Gasteiger partial charge in [0.05, 0.1) is 6.04 Å². The first-order valence-electron chi connectivity index (χ1n) is 3.19. The Kier molecular flexibility index (Phi) is 2.42. The van der Waals surface area contributed by atoms with Gasteiger partial charge in [0.15, 0.2) is 0 Å². The topological polar surface area (TPSA) is 38.0 Å². The molecule has 0 aromatic carbocycles. The van der Waals surface area contributed by atoms with Gasteiger partial charge in [-0.1, -0.05) is 18.9 Å². The molecule has 0 aliphatic heterocycles. The van der Waals surface area contributed by atoms with Crippen molar-refractivity contribution in [3.63, 3.8) is 0 Å². The second kappa shape index (κ2) is 3.13. The van der Waals surface area contributed by atoms with Crippen LogP contribution in [0.4, 0.5) is 0 Å². The standard InChI is InChI=1S/C6H12N2S/c7-5-3-1-2-4-6(5)8-9/h3,6,8-9H,1-2,4,7H2. The minimum atomic E-state index is 0.307. The van der Waals surface area contributed by atoms with Gasteiger partial charge in [-0.2, -0.15) is 0 Å². The summed E-state index contributed by atoms with van der Waals surface area (Å²) in [5.74, 6) is 0. The van der Waals surface area contributed by atoms with Gasteiger partial charge >= 0.3 is 0 Å². The molecule has 0 fully saturated rings. The van der Waals surface area contributed by atoms with Crippen LogP contribution in [0.2, 0.25) is 0 Å². The molecule has 0 radical (unpaired) electrons. The molecule has 0 saturated heterocycles. The number of nitrogens with two attached hydrogens (primary N) is 1. The first-order chi connectivity index (χ1) is 4.34. The third-order valence-electron chi connectivity index (χ3n) is 1.64. The summed E-state index contributed by atoms with van der Waals surface area (Å²) in [6.45, 7) is 0. The number of hydrogen-bond acceptors (Lipinski definition) is 3. The van der Waals surface area contributed by atoms with E-state index < -0.39 is 0 Å². The Balaban J connectivity index is 2.50. The number of allylic oxidation sites excluding steroid dienone is 1. The van der Waals surface area contributed by atoms with Crippen LogP contribution in [-0.2, 0) is 0 Å². The molecule has 3 heteroatoms. The molecule has 0 amide bonds. The third kappa shape index (κ3) is 1.63. The largest absolute Gasteiger partial charge is 0.401 e. The fourth-order valence-electron chi connectivity index (χ4n) is 1.04. The molecule has 0 heterocycles. The molecule has 1 rings (SSSR count). The van der Waals surface area contributed by atoms with Gasteiger partial charge in [0, 0.05) is 5.70 Å². The van der Waals surface area contributed by atoms with Gasteiger partial charge in [-0.3, -0.25) is 4.72 Å². The molecule has 1 atom stereocenters. The van der Waals surface area contributed by atoms with Gasteiger partial charge in [-0.15, -0.1) is 0 Å². The Morgan fingerprint density at radius 2 is 2.56 bits per heavy atom. The second-order valence-electron chi connectivity index (χ2n) is 2.32. The molecular formula is C6H12N2S. The van der Waals surface area contributed by atoms with Crippen molar-refractivity contribution in [2.45, 2.75) is 25.3 Å². The lowest BCUT2D eigenvalue weighted by molar-refractivity contribution is 0.584. The van der Waals surface area contributed by atoms with Crippen molar-refractivity contribution in [3.05, 3.63) is 11.8 Å². The van der Waals surface area contributed by atoms with Gasteiger partial charge in [0.1, 0.15) is 0 Å². The Bertz CT molecular complexity index is 122. The van der Waals surface area contributed by atoms with Crippen LogP contribution < -0.4 is 10.5 Å². The van der Waals surface area contributed by atoms with E-state index in [1.54, 1.807) is 0 Å². The Morgan fingerprint density at radius 1 is 1.78 bits per heavy atom. The molecule has 9 heavy (non-hydrogen) atoms. The Morgan fingerprint density at radius 3 is 3.00 bits per heavy atom. The SMILES string of the molecule is NC1=CCCCC1NS. The first-order valence-corrected chi connectivity index (χ1v) is 3.64. The highest BCUT2D eigenvalue weighted by Gasteiger charge is 2.11. The second-order valence-corrected chi connectivity index (χ2v) is 2.57. The predicted molar refractivity (Wildman–Crippen MR) is 42.0 cm³/mol. The fraction of sp³-hybridized carbons (Fsp3) is 0.667. The van der Waals surface area contributed by atoms with E-state index in [9.17, 15) is 0 Å². The highest BCUT2D eigenvalue weighted by Crippen LogP contribution is 2.14. The molecule has 3 N–H and O–H groups in total. The van der Waals surface area contributed by atoms with E-state index in [1.807, 2.05) is 0 Å². The van der Waals surface area contributed by atoms with Crippen molar-refractivity contribution in [2.24, 2.45) is 5.73 Å².